The summed E-state index contributed by atoms with van der Waals surface area (Å²) < 4.78 is 0. The topological polar surface area (TPSA) is 52.6 Å². The summed E-state index contributed by atoms with van der Waals surface area (Å²) in [4.78, 5) is 13.1. The van der Waals surface area contributed by atoms with Gasteiger partial charge in [-0.2, -0.15) is 0 Å². The highest BCUT2D eigenvalue weighted by atomic mass is 16.3. The zero-order valence-corrected chi connectivity index (χ0v) is 12.2. The number of amides is 1. The predicted molar refractivity (Wildman–Crippen MR) is 73.4 cm³/mol. The van der Waals surface area contributed by atoms with Crippen LogP contribution in [0.5, 0.6) is 0 Å². The zero-order chi connectivity index (χ0) is 13.8. The smallest absolute Gasteiger partial charge is 0.219 e. The molecule has 0 aromatic rings. The van der Waals surface area contributed by atoms with Crippen LogP contribution in [0.2, 0.25) is 0 Å². The fraction of sp³-hybridized carbons (Fsp3) is 0.929. The number of rotatable bonds is 5. The third-order valence-electron chi connectivity index (χ3n) is 4.36. The van der Waals surface area contributed by atoms with Gasteiger partial charge in [-0.25, -0.2) is 0 Å². The minimum atomic E-state index is -0.646. The lowest BCUT2D eigenvalue weighted by Crippen LogP contribution is -2.50. The van der Waals surface area contributed by atoms with Crippen molar-refractivity contribution in [3.63, 3.8) is 0 Å². The Morgan fingerprint density at radius 2 is 2.06 bits per heavy atom. The molecule has 0 spiro atoms. The Labute approximate surface area is 111 Å². The van der Waals surface area contributed by atoms with Crippen LogP contribution < -0.4 is 5.32 Å². The maximum absolute atomic E-state index is 11.2. The van der Waals surface area contributed by atoms with Gasteiger partial charge in [0.2, 0.25) is 5.91 Å². The molecule has 1 aliphatic rings. The Balaban J connectivity index is 2.31. The Hall–Kier alpha value is -0.610. The first-order valence-electron chi connectivity index (χ1n) is 7.08. The van der Waals surface area contributed by atoms with Crippen LogP contribution in [0.4, 0.5) is 0 Å². The van der Waals surface area contributed by atoms with Crippen molar-refractivity contribution in [1.82, 2.24) is 10.2 Å². The van der Waals surface area contributed by atoms with Crippen LogP contribution in [0, 0.1) is 5.92 Å². The van der Waals surface area contributed by atoms with E-state index in [2.05, 4.69) is 19.2 Å². The summed E-state index contributed by atoms with van der Waals surface area (Å²) in [7, 11) is 0. The molecule has 1 saturated heterocycles. The van der Waals surface area contributed by atoms with Gasteiger partial charge in [0.15, 0.2) is 0 Å². The van der Waals surface area contributed by atoms with Crippen molar-refractivity contribution >= 4 is 5.91 Å². The largest absolute Gasteiger partial charge is 0.389 e. The first-order valence-corrected chi connectivity index (χ1v) is 7.08. The van der Waals surface area contributed by atoms with E-state index < -0.39 is 5.60 Å². The van der Waals surface area contributed by atoms with Crippen molar-refractivity contribution in [2.24, 2.45) is 5.92 Å². The van der Waals surface area contributed by atoms with Crippen molar-refractivity contribution in [3.8, 4) is 0 Å². The number of likely N-dealkylation sites (tertiary alicyclic amines) is 1. The molecule has 1 aliphatic heterocycles. The minimum absolute atomic E-state index is 0.167. The van der Waals surface area contributed by atoms with Gasteiger partial charge in [-0.05, 0) is 25.7 Å². The van der Waals surface area contributed by atoms with E-state index in [0.717, 1.165) is 32.4 Å². The van der Waals surface area contributed by atoms with Crippen LogP contribution in [0.1, 0.15) is 47.0 Å². The molecule has 2 unspecified atom stereocenters. The lowest BCUT2D eigenvalue weighted by atomic mass is 9.88. The number of hydrogen-bond donors (Lipinski definition) is 2. The van der Waals surface area contributed by atoms with E-state index in [1.165, 1.54) is 0 Å². The van der Waals surface area contributed by atoms with Gasteiger partial charge in [-0.1, -0.05) is 20.3 Å². The molecule has 18 heavy (non-hydrogen) atoms. The lowest BCUT2D eigenvalue weighted by molar-refractivity contribution is -0.130. The number of nitrogens with one attached hydrogen (secondary N) is 1. The number of carbonyl (C=O) groups excluding carboxylic acids is 1. The summed E-state index contributed by atoms with van der Waals surface area (Å²) in [6, 6.07) is 0.427. The second kappa shape index (κ2) is 6.53. The van der Waals surface area contributed by atoms with Gasteiger partial charge in [-0.3, -0.25) is 4.79 Å². The van der Waals surface area contributed by atoms with E-state index in [-0.39, 0.29) is 5.91 Å². The van der Waals surface area contributed by atoms with Crippen molar-refractivity contribution in [3.05, 3.63) is 0 Å². The van der Waals surface area contributed by atoms with E-state index in [1.54, 1.807) is 6.92 Å². The SMILES string of the molecule is CCC(C)C(C)(O)CNC1CCN(C(C)=O)CC1. The third kappa shape index (κ3) is 4.25. The van der Waals surface area contributed by atoms with E-state index in [4.69, 9.17) is 0 Å². The standard InChI is InChI=1S/C14H28N2O2/c1-5-11(2)14(4,18)10-15-13-6-8-16(9-7-13)12(3)17/h11,13,15,18H,5-10H2,1-4H3. The summed E-state index contributed by atoms with van der Waals surface area (Å²) in [5, 5.41) is 13.8. The molecule has 4 nitrogen and oxygen atoms in total. The number of hydrogen-bond acceptors (Lipinski definition) is 3. The second-order valence-corrected chi connectivity index (χ2v) is 5.83. The van der Waals surface area contributed by atoms with Gasteiger partial charge in [0.25, 0.3) is 0 Å². The molecule has 0 aromatic heterocycles. The predicted octanol–water partition coefficient (Wildman–Crippen LogP) is 1.38. The summed E-state index contributed by atoms with van der Waals surface area (Å²) in [6.07, 6.45) is 2.95. The van der Waals surface area contributed by atoms with Crippen molar-refractivity contribution in [1.29, 1.82) is 0 Å². The number of nitrogens with zero attached hydrogens (tertiary/aromatic N) is 1. The van der Waals surface area contributed by atoms with Crippen LogP contribution in [-0.4, -0.2) is 47.2 Å². The van der Waals surface area contributed by atoms with Gasteiger partial charge in [0.05, 0.1) is 5.60 Å². The van der Waals surface area contributed by atoms with E-state index in [1.807, 2.05) is 11.8 Å². The van der Waals surface area contributed by atoms with Crippen LogP contribution in [-0.2, 0) is 4.79 Å². The first kappa shape index (κ1) is 15.4. The molecule has 0 aliphatic carbocycles. The molecule has 2 atom stereocenters. The molecule has 0 radical (unpaired) electrons. The molecule has 106 valence electrons. The fourth-order valence-electron chi connectivity index (χ4n) is 2.36. The summed E-state index contributed by atoms with van der Waals surface area (Å²) >= 11 is 0. The Bertz CT molecular complexity index is 271. The van der Waals surface area contributed by atoms with Gasteiger partial charge in [-0.15, -0.1) is 0 Å². The molecule has 1 fully saturated rings. The summed E-state index contributed by atoms with van der Waals surface area (Å²) in [6.45, 7) is 10.0. The minimum Gasteiger partial charge on any atom is -0.389 e. The highest BCUT2D eigenvalue weighted by Crippen LogP contribution is 2.20. The number of carbonyl (C=O) groups is 1. The molecule has 2 N–H and O–H groups in total. The molecular formula is C14H28N2O2. The monoisotopic (exact) mass is 256 g/mol. The van der Waals surface area contributed by atoms with E-state index in [0.29, 0.717) is 18.5 Å². The van der Waals surface area contributed by atoms with Crippen molar-refractivity contribution < 1.29 is 9.90 Å². The van der Waals surface area contributed by atoms with Crippen LogP contribution in [0.25, 0.3) is 0 Å². The Morgan fingerprint density at radius 3 is 2.50 bits per heavy atom. The van der Waals surface area contributed by atoms with Crippen LogP contribution >= 0.6 is 0 Å². The van der Waals surface area contributed by atoms with Gasteiger partial charge in [0, 0.05) is 32.6 Å². The molecule has 0 aromatic carbocycles. The lowest BCUT2D eigenvalue weighted by Gasteiger charge is -2.35. The van der Waals surface area contributed by atoms with Crippen molar-refractivity contribution in [2.75, 3.05) is 19.6 Å². The molecule has 0 saturated carbocycles. The molecule has 1 heterocycles. The normalized spacial score (nSPS) is 22.6. The van der Waals surface area contributed by atoms with E-state index in [9.17, 15) is 9.90 Å². The summed E-state index contributed by atoms with van der Waals surface area (Å²) in [5.41, 5.74) is -0.646. The molecule has 1 amide bonds. The number of aliphatic hydroxyl groups is 1. The summed E-state index contributed by atoms with van der Waals surface area (Å²) in [5.74, 6) is 0.461. The molecular weight excluding hydrogens is 228 g/mol. The van der Waals surface area contributed by atoms with Gasteiger partial charge in [0.1, 0.15) is 0 Å². The Kier molecular flexibility index (Phi) is 5.60. The van der Waals surface area contributed by atoms with E-state index >= 15 is 0 Å². The van der Waals surface area contributed by atoms with Crippen LogP contribution in [0.15, 0.2) is 0 Å². The quantitative estimate of drug-likeness (QED) is 0.781. The Morgan fingerprint density at radius 1 is 1.50 bits per heavy atom. The average Bonchev–Trinajstić information content (AvgIpc) is 2.35. The first-order chi connectivity index (χ1) is 8.36. The van der Waals surface area contributed by atoms with Crippen LogP contribution in [0.3, 0.4) is 0 Å². The highest BCUT2D eigenvalue weighted by molar-refractivity contribution is 5.73. The van der Waals surface area contributed by atoms with Gasteiger partial charge >= 0.3 is 0 Å². The maximum atomic E-state index is 11.2. The molecule has 0 bridgehead atoms. The third-order valence-corrected chi connectivity index (χ3v) is 4.36. The highest BCUT2D eigenvalue weighted by Gasteiger charge is 2.28. The average molecular weight is 256 g/mol. The second-order valence-electron chi connectivity index (χ2n) is 5.83. The van der Waals surface area contributed by atoms with Gasteiger partial charge < -0.3 is 15.3 Å². The zero-order valence-electron chi connectivity index (χ0n) is 12.2. The van der Waals surface area contributed by atoms with Crippen molar-refractivity contribution in [2.45, 2.75) is 58.6 Å². The molecule has 4 heteroatoms. The molecule has 1 rings (SSSR count). The fourth-order valence-corrected chi connectivity index (χ4v) is 2.36. The number of piperidine rings is 1. The maximum Gasteiger partial charge on any atom is 0.219 e.